The van der Waals surface area contributed by atoms with Gasteiger partial charge < -0.3 is 10.1 Å². The first-order valence-electron chi connectivity index (χ1n) is 7.55. The van der Waals surface area contributed by atoms with Gasteiger partial charge in [0.15, 0.2) is 6.61 Å². The van der Waals surface area contributed by atoms with Crippen molar-refractivity contribution in [1.82, 2.24) is 5.32 Å². The van der Waals surface area contributed by atoms with Gasteiger partial charge in [-0.2, -0.15) is 0 Å². The van der Waals surface area contributed by atoms with Crippen LogP contribution in [-0.4, -0.2) is 30.3 Å². The van der Waals surface area contributed by atoms with Crippen molar-refractivity contribution >= 4 is 39.6 Å². The molecule has 1 rings (SSSR count). The van der Waals surface area contributed by atoms with Crippen LogP contribution in [0.1, 0.15) is 31.9 Å². The third-order valence-corrected chi connectivity index (χ3v) is 5.54. The zero-order chi connectivity index (χ0) is 17.6. The predicted molar refractivity (Wildman–Crippen MR) is 97.7 cm³/mol. The number of amides is 1. The molecule has 0 bridgehead atoms. The van der Waals surface area contributed by atoms with Crippen LogP contribution in [0.25, 0.3) is 0 Å². The number of hydrogen-bond donors (Lipinski definition) is 1. The molecule has 0 fully saturated rings. The monoisotopic (exact) mass is 401 g/mol. The van der Waals surface area contributed by atoms with Crippen molar-refractivity contribution in [1.29, 1.82) is 0 Å². The molecule has 1 atom stereocenters. The highest BCUT2D eigenvalue weighted by Crippen LogP contribution is 2.28. The van der Waals surface area contributed by atoms with Gasteiger partial charge in [0.2, 0.25) is 0 Å². The Bertz CT molecular complexity index is 575. The molecule has 0 radical (unpaired) electrons. The molecule has 1 amide bonds. The van der Waals surface area contributed by atoms with Crippen LogP contribution in [-0.2, 0) is 14.3 Å². The number of rotatable bonds is 7. The van der Waals surface area contributed by atoms with E-state index in [-0.39, 0.29) is 30.3 Å². The molecule has 128 valence electrons. The summed E-state index contributed by atoms with van der Waals surface area (Å²) in [5, 5.41) is 2.80. The van der Waals surface area contributed by atoms with E-state index in [2.05, 4.69) is 21.2 Å². The Morgan fingerprint density at radius 2 is 1.87 bits per heavy atom. The number of hydrogen-bond acceptors (Lipinski definition) is 4. The average molecular weight is 402 g/mol. The largest absolute Gasteiger partial charge is 0.455 e. The Kier molecular flexibility index (Phi) is 8.12. The Morgan fingerprint density at radius 3 is 2.48 bits per heavy atom. The van der Waals surface area contributed by atoms with Crippen LogP contribution in [0.4, 0.5) is 0 Å². The maximum Gasteiger partial charge on any atom is 0.316 e. The molecule has 6 heteroatoms. The average Bonchev–Trinajstić information content (AvgIpc) is 2.47. The van der Waals surface area contributed by atoms with E-state index in [0.717, 1.165) is 20.5 Å². The van der Waals surface area contributed by atoms with Crippen molar-refractivity contribution in [2.45, 2.75) is 45.6 Å². The van der Waals surface area contributed by atoms with E-state index in [1.54, 1.807) is 0 Å². The van der Waals surface area contributed by atoms with Gasteiger partial charge >= 0.3 is 5.97 Å². The molecule has 0 aliphatic heterocycles. The third kappa shape index (κ3) is 6.96. The first-order valence-corrected chi connectivity index (χ1v) is 9.33. The van der Waals surface area contributed by atoms with Gasteiger partial charge in [0.1, 0.15) is 0 Å². The summed E-state index contributed by atoms with van der Waals surface area (Å²) < 4.78 is 6.07. The van der Waals surface area contributed by atoms with E-state index >= 15 is 0 Å². The fourth-order valence-corrected chi connectivity index (χ4v) is 3.06. The number of aryl methyl sites for hydroxylation is 2. The van der Waals surface area contributed by atoms with E-state index in [4.69, 9.17) is 4.74 Å². The molecule has 4 nitrogen and oxygen atoms in total. The highest BCUT2D eigenvalue weighted by atomic mass is 79.9. The number of carbonyl (C=O) groups excluding carboxylic acids is 2. The number of ether oxygens (including phenoxy) is 1. The van der Waals surface area contributed by atoms with Gasteiger partial charge in [-0.05, 0) is 49.9 Å². The maximum absolute atomic E-state index is 11.8. The van der Waals surface area contributed by atoms with Gasteiger partial charge in [-0.1, -0.05) is 29.8 Å². The molecule has 0 aliphatic rings. The quantitative estimate of drug-likeness (QED) is 0.556. The molecular weight excluding hydrogens is 378 g/mol. The summed E-state index contributed by atoms with van der Waals surface area (Å²) in [6.07, 6.45) is 0. The highest BCUT2D eigenvalue weighted by Gasteiger charge is 2.13. The lowest BCUT2D eigenvalue weighted by atomic mass is 10.1. The van der Waals surface area contributed by atoms with Gasteiger partial charge in [0.25, 0.3) is 5.91 Å². The summed E-state index contributed by atoms with van der Waals surface area (Å²) in [4.78, 5) is 24.5. The minimum absolute atomic E-state index is 0.0592. The second-order valence-electron chi connectivity index (χ2n) is 5.92. The van der Waals surface area contributed by atoms with Gasteiger partial charge in [0, 0.05) is 15.4 Å². The summed E-state index contributed by atoms with van der Waals surface area (Å²) >= 11 is 4.91. The molecular formula is C17H24BrNO3S. The smallest absolute Gasteiger partial charge is 0.316 e. The summed E-state index contributed by atoms with van der Waals surface area (Å²) in [7, 11) is 0. The maximum atomic E-state index is 11.8. The summed E-state index contributed by atoms with van der Waals surface area (Å²) in [5.41, 5.74) is 2.22. The molecule has 23 heavy (non-hydrogen) atoms. The highest BCUT2D eigenvalue weighted by molar-refractivity contribution is 9.10. The van der Waals surface area contributed by atoms with E-state index in [1.807, 2.05) is 46.8 Å². The number of halogens is 1. The van der Waals surface area contributed by atoms with Crippen LogP contribution in [0, 0.1) is 19.8 Å². The van der Waals surface area contributed by atoms with Gasteiger partial charge in [-0.15, -0.1) is 11.8 Å². The number of carbonyl (C=O) groups is 2. The molecule has 1 aromatic carbocycles. The van der Waals surface area contributed by atoms with Crippen LogP contribution in [0.3, 0.4) is 0 Å². The second kappa shape index (κ2) is 9.33. The molecule has 0 aliphatic carbocycles. The lowest BCUT2D eigenvalue weighted by Crippen LogP contribution is -2.38. The standard InChI is InChI=1S/C17H24BrNO3S/c1-10(2)13(5)19-16(20)8-22-17(21)9-23-15-7-11(3)14(18)6-12(15)4/h6-7,10,13H,8-9H2,1-5H3,(H,19,20)/t13-/m1/s1. The molecule has 0 heterocycles. The first-order chi connectivity index (χ1) is 10.7. The van der Waals surface area contributed by atoms with Crippen LogP contribution < -0.4 is 5.32 Å². The number of benzene rings is 1. The summed E-state index contributed by atoms with van der Waals surface area (Å²) in [6.45, 7) is 9.75. The molecule has 0 spiro atoms. The zero-order valence-corrected chi connectivity index (χ0v) is 16.6. The minimum Gasteiger partial charge on any atom is -0.455 e. The topological polar surface area (TPSA) is 55.4 Å². The Labute approximate surface area is 150 Å². The van der Waals surface area contributed by atoms with Crippen molar-refractivity contribution in [3.63, 3.8) is 0 Å². The fraction of sp³-hybridized carbons (Fsp3) is 0.529. The lowest BCUT2D eigenvalue weighted by Gasteiger charge is -2.17. The van der Waals surface area contributed by atoms with Crippen LogP contribution in [0.15, 0.2) is 21.5 Å². The van der Waals surface area contributed by atoms with Crippen molar-refractivity contribution in [2.75, 3.05) is 12.4 Å². The molecule has 0 saturated heterocycles. The van der Waals surface area contributed by atoms with Crippen molar-refractivity contribution in [3.05, 3.63) is 27.7 Å². The normalized spacial score (nSPS) is 12.1. The lowest BCUT2D eigenvalue weighted by molar-refractivity contribution is -0.146. The van der Waals surface area contributed by atoms with Crippen molar-refractivity contribution < 1.29 is 14.3 Å². The molecule has 0 aromatic heterocycles. The van der Waals surface area contributed by atoms with E-state index in [9.17, 15) is 9.59 Å². The van der Waals surface area contributed by atoms with Gasteiger partial charge in [-0.3, -0.25) is 9.59 Å². The molecule has 1 aromatic rings. The summed E-state index contributed by atoms with van der Waals surface area (Å²) in [6, 6.07) is 4.13. The third-order valence-electron chi connectivity index (χ3n) is 3.55. The van der Waals surface area contributed by atoms with Gasteiger partial charge in [-0.25, -0.2) is 0 Å². The minimum atomic E-state index is -0.387. The first kappa shape index (κ1) is 20.0. The van der Waals surface area contributed by atoms with Gasteiger partial charge in [0.05, 0.1) is 5.75 Å². The molecule has 0 saturated carbocycles. The summed E-state index contributed by atoms with van der Waals surface area (Å²) in [5.74, 6) is -0.120. The Balaban J connectivity index is 2.40. The fourth-order valence-electron chi connectivity index (χ4n) is 1.70. The molecule has 1 N–H and O–H groups in total. The zero-order valence-electron chi connectivity index (χ0n) is 14.2. The van der Waals surface area contributed by atoms with Crippen LogP contribution >= 0.6 is 27.7 Å². The van der Waals surface area contributed by atoms with E-state index in [0.29, 0.717) is 5.92 Å². The van der Waals surface area contributed by atoms with Crippen molar-refractivity contribution in [3.8, 4) is 0 Å². The Morgan fingerprint density at radius 1 is 1.22 bits per heavy atom. The van der Waals surface area contributed by atoms with Crippen LogP contribution in [0.5, 0.6) is 0 Å². The Hall–Kier alpha value is -1.01. The van der Waals surface area contributed by atoms with Crippen molar-refractivity contribution in [2.24, 2.45) is 5.92 Å². The van der Waals surface area contributed by atoms with E-state index < -0.39 is 0 Å². The molecule has 0 unspecified atom stereocenters. The second-order valence-corrected chi connectivity index (χ2v) is 7.79. The van der Waals surface area contributed by atoms with Crippen LogP contribution in [0.2, 0.25) is 0 Å². The van der Waals surface area contributed by atoms with E-state index in [1.165, 1.54) is 11.8 Å². The number of nitrogens with one attached hydrogen (secondary N) is 1. The SMILES string of the molecule is Cc1cc(SCC(=O)OCC(=O)N[C@H](C)C(C)C)c(C)cc1Br. The number of thioether (sulfide) groups is 1. The number of esters is 1. The predicted octanol–water partition coefficient (Wildman–Crippen LogP) is 3.86.